The number of nitrogens with two attached hydrogens (primary N) is 1. The fraction of sp³-hybridized carbons (Fsp3) is 0.0833. The third-order valence-corrected chi connectivity index (χ3v) is 2.84. The molecule has 0 spiro atoms. The van der Waals surface area contributed by atoms with Gasteiger partial charge in [-0.05, 0) is 28.1 Å². The number of anilines is 1. The van der Waals surface area contributed by atoms with Crippen LogP contribution in [0.4, 0.5) is 10.3 Å². The third-order valence-electron chi connectivity index (χ3n) is 2.26. The van der Waals surface area contributed by atoms with Gasteiger partial charge >= 0.3 is 0 Å². The summed E-state index contributed by atoms with van der Waals surface area (Å²) in [6, 6.07) is 1.38. The molecule has 2 aromatic heterocycles. The van der Waals surface area contributed by atoms with Crippen molar-refractivity contribution in [1.82, 2.24) is 20.3 Å². The predicted molar refractivity (Wildman–Crippen MR) is 81.5 cm³/mol. The second-order valence-corrected chi connectivity index (χ2v) is 4.64. The SMILES string of the molecule is Nc1ncc(/C=C/CNC(=O)c2cc(Br)c(F)[nH]2)[nH]1.O=CO. The molecule has 6 N–H and O–H groups in total. The van der Waals surface area contributed by atoms with Gasteiger partial charge in [-0.3, -0.25) is 9.59 Å². The van der Waals surface area contributed by atoms with E-state index >= 15 is 0 Å². The van der Waals surface area contributed by atoms with Gasteiger partial charge in [0.1, 0.15) is 5.69 Å². The van der Waals surface area contributed by atoms with Crippen molar-refractivity contribution in [2.24, 2.45) is 0 Å². The Morgan fingerprint density at radius 3 is 2.73 bits per heavy atom. The first-order chi connectivity index (χ1) is 10.5. The molecular weight excluding hydrogens is 361 g/mol. The largest absolute Gasteiger partial charge is 0.483 e. The Hall–Kier alpha value is -2.62. The smallest absolute Gasteiger partial charge is 0.290 e. The van der Waals surface area contributed by atoms with Crippen molar-refractivity contribution < 1.29 is 19.1 Å². The number of amides is 1. The van der Waals surface area contributed by atoms with Crippen molar-refractivity contribution in [3.8, 4) is 0 Å². The molecule has 0 radical (unpaired) electrons. The molecule has 0 bridgehead atoms. The second kappa shape index (κ2) is 8.62. The van der Waals surface area contributed by atoms with E-state index in [0.717, 1.165) is 5.69 Å². The Bertz CT molecular complexity index is 648. The Morgan fingerprint density at radius 2 is 2.23 bits per heavy atom. The molecule has 22 heavy (non-hydrogen) atoms. The number of hydrogen-bond donors (Lipinski definition) is 5. The molecule has 0 aliphatic heterocycles. The van der Waals surface area contributed by atoms with E-state index in [9.17, 15) is 9.18 Å². The summed E-state index contributed by atoms with van der Waals surface area (Å²) in [5.41, 5.74) is 6.30. The van der Waals surface area contributed by atoms with Gasteiger partial charge in [-0.15, -0.1) is 0 Å². The topological polar surface area (TPSA) is 137 Å². The van der Waals surface area contributed by atoms with Gasteiger partial charge in [0.2, 0.25) is 5.95 Å². The normalized spacial score (nSPS) is 10.1. The van der Waals surface area contributed by atoms with Crippen molar-refractivity contribution in [1.29, 1.82) is 0 Å². The molecular formula is C12H13BrFN5O3. The van der Waals surface area contributed by atoms with Crippen LogP contribution >= 0.6 is 15.9 Å². The summed E-state index contributed by atoms with van der Waals surface area (Å²) < 4.78 is 13.2. The average Bonchev–Trinajstić information content (AvgIpc) is 3.02. The fourth-order valence-corrected chi connectivity index (χ4v) is 1.72. The Kier molecular flexibility index (Phi) is 6.83. The van der Waals surface area contributed by atoms with Crippen LogP contribution < -0.4 is 11.1 Å². The highest BCUT2D eigenvalue weighted by Gasteiger charge is 2.10. The van der Waals surface area contributed by atoms with Crippen LogP contribution in [0.5, 0.6) is 0 Å². The van der Waals surface area contributed by atoms with E-state index in [2.05, 4.69) is 36.2 Å². The first-order valence-corrected chi connectivity index (χ1v) is 6.64. The van der Waals surface area contributed by atoms with Crippen LogP contribution in [0.1, 0.15) is 16.2 Å². The number of imidazole rings is 1. The van der Waals surface area contributed by atoms with Gasteiger partial charge in [-0.25, -0.2) is 4.98 Å². The first kappa shape index (κ1) is 17.4. The Balaban J connectivity index is 0.000000745. The summed E-state index contributed by atoms with van der Waals surface area (Å²) in [4.78, 5) is 28.9. The number of nitrogens with one attached hydrogen (secondary N) is 3. The quantitative estimate of drug-likeness (QED) is 0.515. The van der Waals surface area contributed by atoms with Gasteiger partial charge in [-0.1, -0.05) is 6.08 Å². The lowest BCUT2D eigenvalue weighted by atomic mass is 10.4. The zero-order valence-corrected chi connectivity index (χ0v) is 12.7. The average molecular weight is 374 g/mol. The van der Waals surface area contributed by atoms with E-state index in [-0.39, 0.29) is 16.6 Å². The number of carbonyl (C=O) groups excluding carboxylic acids is 1. The molecule has 0 saturated heterocycles. The highest BCUT2D eigenvalue weighted by molar-refractivity contribution is 9.10. The number of aromatic amines is 2. The maximum atomic E-state index is 13.0. The molecule has 2 heterocycles. The van der Waals surface area contributed by atoms with Gasteiger partial charge in [0.05, 0.1) is 16.4 Å². The maximum absolute atomic E-state index is 13.0. The van der Waals surface area contributed by atoms with Gasteiger partial charge < -0.3 is 26.1 Å². The summed E-state index contributed by atoms with van der Waals surface area (Å²) >= 11 is 2.98. The number of aromatic nitrogens is 3. The van der Waals surface area contributed by atoms with E-state index < -0.39 is 11.9 Å². The Labute approximate surface area is 132 Å². The minimum absolute atomic E-state index is 0.156. The highest BCUT2D eigenvalue weighted by atomic mass is 79.9. The van der Waals surface area contributed by atoms with Crippen LogP contribution in [0.25, 0.3) is 6.08 Å². The maximum Gasteiger partial charge on any atom is 0.290 e. The van der Waals surface area contributed by atoms with E-state index in [4.69, 9.17) is 15.6 Å². The van der Waals surface area contributed by atoms with Crippen LogP contribution in [-0.2, 0) is 4.79 Å². The highest BCUT2D eigenvalue weighted by Crippen LogP contribution is 2.15. The Morgan fingerprint density at radius 1 is 1.55 bits per heavy atom. The van der Waals surface area contributed by atoms with Gasteiger partial charge in [0.15, 0.2) is 5.95 Å². The molecule has 0 atom stereocenters. The van der Waals surface area contributed by atoms with Crippen LogP contribution in [-0.4, -0.2) is 39.0 Å². The molecule has 0 fully saturated rings. The van der Waals surface area contributed by atoms with Gasteiger partial charge in [0.25, 0.3) is 12.4 Å². The van der Waals surface area contributed by atoms with Crippen molar-refractivity contribution in [2.45, 2.75) is 0 Å². The molecule has 0 aliphatic rings. The van der Waals surface area contributed by atoms with Crippen LogP contribution in [0, 0.1) is 5.95 Å². The molecule has 118 valence electrons. The molecule has 10 heteroatoms. The van der Waals surface area contributed by atoms with Crippen LogP contribution in [0.3, 0.4) is 0 Å². The monoisotopic (exact) mass is 373 g/mol. The van der Waals surface area contributed by atoms with E-state index in [1.165, 1.54) is 6.07 Å². The number of carboxylic acid groups (broad SMARTS) is 1. The summed E-state index contributed by atoms with van der Waals surface area (Å²) in [6.45, 7) is 0.0516. The first-order valence-electron chi connectivity index (χ1n) is 5.85. The molecule has 8 nitrogen and oxygen atoms in total. The van der Waals surface area contributed by atoms with Crippen molar-refractivity contribution in [3.63, 3.8) is 0 Å². The molecule has 2 rings (SSSR count). The number of hydrogen-bond acceptors (Lipinski definition) is 4. The number of H-pyrrole nitrogens is 2. The molecule has 1 amide bonds. The minimum atomic E-state index is -0.575. The number of halogens is 2. The zero-order valence-electron chi connectivity index (χ0n) is 11.1. The summed E-state index contributed by atoms with van der Waals surface area (Å²) in [5.74, 6) is -0.637. The minimum Gasteiger partial charge on any atom is -0.483 e. The van der Waals surface area contributed by atoms with E-state index in [1.807, 2.05) is 0 Å². The van der Waals surface area contributed by atoms with Crippen LogP contribution in [0.15, 0.2) is 22.8 Å². The molecule has 0 unspecified atom stereocenters. The summed E-state index contributed by atoms with van der Waals surface area (Å²) in [7, 11) is 0. The van der Waals surface area contributed by atoms with E-state index in [1.54, 1.807) is 18.3 Å². The number of rotatable bonds is 4. The van der Waals surface area contributed by atoms with E-state index in [0.29, 0.717) is 12.5 Å². The predicted octanol–water partition coefficient (Wildman–Crippen LogP) is 1.37. The fourth-order valence-electron chi connectivity index (χ4n) is 1.40. The third kappa shape index (κ3) is 5.40. The zero-order chi connectivity index (χ0) is 16.5. The van der Waals surface area contributed by atoms with Gasteiger partial charge in [-0.2, -0.15) is 4.39 Å². The molecule has 2 aromatic rings. The number of nitrogens with zero attached hydrogens (tertiary/aromatic N) is 1. The van der Waals surface area contributed by atoms with Crippen molar-refractivity contribution in [2.75, 3.05) is 12.3 Å². The van der Waals surface area contributed by atoms with Crippen LogP contribution in [0.2, 0.25) is 0 Å². The molecule has 0 aromatic carbocycles. The molecule has 0 saturated carbocycles. The molecule has 0 aliphatic carbocycles. The summed E-state index contributed by atoms with van der Waals surface area (Å²) in [5, 5.41) is 9.50. The summed E-state index contributed by atoms with van der Waals surface area (Å²) in [6.07, 6.45) is 5.03. The lowest BCUT2D eigenvalue weighted by molar-refractivity contribution is -0.122. The number of nitrogen functional groups attached to an aromatic ring is 1. The lowest BCUT2D eigenvalue weighted by Crippen LogP contribution is -2.23. The number of carbonyl (C=O) groups is 2. The second-order valence-electron chi connectivity index (χ2n) is 3.79. The lowest BCUT2D eigenvalue weighted by Gasteiger charge is -1.98. The standard InChI is InChI=1S/C11H11BrFN5O.CH2O2/c12-7-4-8(18-9(7)13)10(19)15-3-1-2-6-5-16-11(14)17-6;2-1-3/h1-2,4-5,18H,3H2,(H,15,19)(H3,14,16,17);1H,(H,2,3)/b2-1+;. The van der Waals surface area contributed by atoms with Crippen molar-refractivity contribution >= 4 is 40.3 Å². The van der Waals surface area contributed by atoms with Gasteiger partial charge in [0, 0.05) is 6.54 Å². The van der Waals surface area contributed by atoms with Crippen molar-refractivity contribution in [3.05, 3.63) is 40.1 Å².